The minimum absolute atomic E-state index is 0.0369. The van der Waals surface area contributed by atoms with Gasteiger partial charge in [-0.1, -0.05) is 38.1 Å². The maximum Gasteiger partial charge on any atom is 0.407 e. The van der Waals surface area contributed by atoms with Crippen LogP contribution in [0.5, 0.6) is 0 Å². The lowest BCUT2D eigenvalue weighted by Crippen LogP contribution is -2.58. The molecule has 1 aromatic rings. The van der Waals surface area contributed by atoms with Crippen molar-refractivity contribution in [2.45, 2.75) is 50.0 Å². The van der Waals surface area contributed by atoms with E-state index in [1.54, 1.807) is 0 Å². The van der Waals surface area contributed by atoms with Crippen LogP contribution in [0, 0.1) is 11.8 Å². The molecule has 5 rings (SSSR count). The van der Waals surface area contributed by atoms with E-state index in [9.17, 15) is 9.59 Å². The molecule has 0 unspecified atom stereocenters. The summed E-state index contributed by atoms with van der Waals surface area (Å²) in [7, 11) is 0. The molecular weight excluding hydrogens is 328 g/mol. The van der Waals surface area contributed by atoms with E-state index in [-0.39, 0.29) is 28.9 Å². The summed E-state index contributed by atoms with van der Waals surface area (Å²) in [6.07, 6.45) is 2.29. The molecule has 0 radical (unpaired) electrons. The topological polar surface area (TPSA) is 58.6 Å². The molecule has 0 bridgehead atoms. The Kier molecular flexibility index (Phi) is 3.26. The summed E-state index contributed by atoms with van der Waals surface area (Å²) in [5, 5.41) is 2.88. The lowest BCUT2D eigenvalue weighted by atomic mass is 9.68. The van der Waals surface area contributed by atoms with Gasteiger partial charge in [-0.3, -0.25) is 4.79 Å². The second-order valence-corrected chi connectivity index (χ2v) is 9.14. The molecule has 5 nitrogen and oxygen atoms in total. The first-order chi connectivity index (χ1) is 12.4. The van der Waals surface area contributed by atoms with E-state index in [2.05, 4.69) is 48.3 Å². The molecule has 2 saturated heterocycles. The summed E-state index contributed by atoms with van der Waals surface area (Å²) >= 11 is 0. The summed E-state index contributed by atoms with van der Waals surface area (Å²) in [5.74, 6) is 1.46. The van der Waals surface area contributed by atoms with Crippen LogP contribution in [0.25, 0.3) is 0 Å². The second-order valence-electron chi connectivity index (χ2n) is 9.14. The van der Waals surface area contributed by atoms with Crippen LogP contribution >= 0.6 is 0 Å². The van der Waals surface area contributed by atoms with Crippen LogP contribution in [0.2, 0.25) is 0 Å². The zero-order valence-corrected chi connectivity index (χ0v) is 15.5. The van der Waals surface area contributed by atoms with Crippen LogP contribution in [0.4, 0.5) is 4.79 Å². The van der Waals surface area contributed by atoms with Gasteiger partial charge in [-0.2, -0.15) is 0 Å². The third-order valence-electron chi connectivity index (χ3n) is 7.08. The van der Waals surface area contributed by atoms with Crippen molar-refractivity contribution in [2.75, 3.05) is 19.7 Å². The number of rotatable bonds is 3. The van der Waals surface area contributed by atoms with Crippen molar-refractivity contribution in [2.24, 2.45) is 11.8 Å². The first kappa shape index (κ1) is 16.2. The lowest BCUT2D eigenvalue weighted by molar-refractivity contribution is -0.140. The summed E-state index contributed by atoms with van der Waals surface area (Å²) in [6.45, 7) is 6.57. The standard InChI is InChI=1S/C21H26N2O3/c1-13(2)14-3-5-16(6-4-14)21-9-17(21)10-23(11-21)18(24)15-7-20(8-15)12-26-19(25)22-20/h3-6,13,15,17H,7-12H2,1-2H3,(H,22,25)/t15-,17-,20+,21+/m1/s1. The fraction of sp³-hybridized carbons (Fsp3) is 0.619. The normalized spacial score (nSPS) is 37.3. The molecule has 2 saturated carbocycles. The number of fused-ring (bicyclic) bond motifs is 1. The van der Waals surface area contributed by atoms with Crippen molar-refractivity contribution in [1.82, 2.24) is 10.2 Å². The molecule has 2 aliphatic heterocycles. The Morgan fingerprint density at radius 3 is 2.58 bits per heavy atom. The third kappa shape index (κ3) is 2.29. The van der Waals surface area contributed by atoms with Crippen LogP contribution in [0.1, 0.15) is 50.2 Å². The molecule has 26 heavy (non-hydrogen) atoms. The lowest BCUT2D eigenvalue weighted by Gasteiger charge is -2.43. The smallest absolute Gasteiger partial charge is 0.407 e. The highest BCUT2D eigenvalue weighted by atomic mass is 16.6. The molecule has 2 heterocycles. The van der Waals surface area contributed by atoms with Gasteiger partial charge in [-0.05, 0) is 42.2 Å². The minimum Gasteiger partial charge on any atom is -0.447 e. The van der Waals surface area contributed by atoms with Gasteiger partial charge in [-0.15, -0.1) is 0 Å². The fourth-order valence-electron chi connectivity index (χ4n) is 5.33. The van der Waals surface area contributed by atoms with E-state index in [0.29, 0.717) is 18.4 Å². The largest absolute Gasteiger partial charge is 0.447 e. The number of likely N-dealkylation sites (tertiary alicyclic amines) is 1. The van der Waals surface area contributed by atoms with Crippen molar-refractivity contribution in [3.05, 3.63) is 35.4 Å². The van der Waals surface area contributed by atoms with E-state index in [0.717, 1.165) is 25.9 Å². The first-order valence-corrected chi connectivity index (χ1v) is 9.75. The van der Waals surface area contributed by atoms with Crippen molar-refractivity contribution in [3.63, 3.8) is 0 Å². The zero-order valence-electron chi connectivity index (χ0n) is 15.5. The Bertz CT molecular complexity index is 766. The number of nitrogens with zero attached hydrogens (tertiary/aromatic N) is 1. The van der Waals surface area contributed by atoms with E-state index in [1.165, 1.54) is 17.5 Å². The molecule has 4 fully saturated rings. The third-order valence-corrected chi connectivity index (χ3v) is 7.08. The summed E-state index contributed by atoms with van der Waals surface area (Å²) in [4.78, 5) is 26.2. The zero-order chi connectivity index (χ0) is 18.1. The molecule has 2 atom stereocenters. The summed E-state index contributed by atoms with van der Waals surface area (Å²) < 4.78 is 5.01. The number of piperidine rings is 1. The number of carbonyl (C=O) groups excluding carboxylic acids is 2. The number of nitrogens with one attached hydrogen (secondary N) is 1. The highest BCUT2D eigenvalue weighted by molar-refractivity contribution is 5.82. The molecule has 2 amide bonds. The number of benzene rings is 1. The Balaban J connectivity index is 1.24. The Hall–Kier alpha value is -2.04. The SMILES string of the molecule is CC(C)c1ccc([C@@]23C[C@@H]2CN(C(=O)[C@H]2C[C@]4(COC(=O)N4)C2)C3)cc1. The van der Waals surface area contributed by atoms with Gasteiger partial charge in [0.15, 0.2) is 0 Å². The minimum atomic E-state index is -0.345. The Labute approximate surface area is 154 Å². The van der Waals surface area contributed by atoms with Gasteiger partial charge < -0.3 is 15.0 Å². The Morgan fingerprint density at radius 2 is 1.96 bits per heavy atom. The highest BCUT2D eigenvalue weighted by Gasteiger charge is 2.63. The van der Waals surface area contributed by atoms with Gasteiger partial charge >= 0.3 is 6.09 Å². The maximum atomic E-state index is 12.9. The van der Waals surface area contributed by atoms with E-state index in [1.807, 2.05) is 0 Å². The van der Waals surface area contributed by atoms with Gasteiger partial charge in [0.25, 0.3) is 0 Å². The summed E-state index contributed by atoms with van der Waals surface area (Å²) in [5.41, 5.74) is 2.68. The second kappa shape index (κ2) is 5.24. The number of alkyl carbamates (subject to hydrolysis) is 1. The quantitative estimate of drug-likeness (QED) is 0.908. The molecule has 1 spiro atoms. The first-order valence-electron chi connectivity index (χ1n) is 9.75. The van der Waals surface area contributed by atoms with Crippen molar-refractivity contribution < 1.29 is 14.3 Å². The van der Waals surface area contributed by atoms with Gasteiger partial charge in [0.2, 0.25) is 5.91 Å². The highest BCUT2D eigenvalue weighted by Crippen LogP contribution is 2.59. The van der Waals surface area contributed by atoms with Gasteiger partial charge in [0.1, 0.15) is 6.61 Å². The molecule has 4 aliphatic rings. The average molecular weight is 354 g/mol. The van der Waals surface area contributed by atoms with Crippen LogP contribution < -0.4 is 5.32 Å². The number of amides is 2. The van der Waals surface area contributed by atoms with Crippen LogP contribution in [-0.4, -0.2) is 42.1 Å². The predicted octanol–water partition coefficient (Wildman–Crippen LogP) is 2.80. The van der Waals surface area contributed by atoms with Crippen LogP contribution in [0.3, 0.4) is 0 Å². The molecule has 138 valence electrons. The Morgan fingerprint density at radius 1 is 1.23 bits per heavy atom. The van der Waals surface area contributed by atoms with Crippen LogP contribution in [-0.2, 0) is 14.9 Å². The molecule has 2 aliphatic carbocycles. The molecule has 1 N–H and O–H groups in total. The fourth-order valence-corrected chi connectivity index (χ4v) is 5.33. The van der Waals surface area contributed by atoms with Crippen molar-refractivity contribution in [1.29, 1.82) is 0 Å². The molecule has 5 heteroatoms. The number of cyclic esters (lactones) is 1. The summed E-state index contributed by atoms with van der Waals surface area (Å²) in [6, 6.07) is 9.03. The van der Waals surface area contributed by atoms with Crippen molar-refractivity contribution >= 4 is 12.0 Å². The number of ether oxygens (including phenoxy) is 1. The number of hydrogen-bond donors (Lipinski definition) is 1. The molecule has 1 aromatic carbocycles. The number of carbonyl (C=O) groups is 2. The van der Waals surface area contributed by atoms with E-state index < -0.39 is 0 Å². The van der Waals surface area contributed by atoms with Crippen LogP contribution in [0.15, 0.2) is 24.3 Å². The predicted molar refractivity (Wildman–Crippen MR) is 96.8 cm³/mol. The molecular formula is C21H26N2O3. The van der Waals surface area contributed by atoms with Gasteiger partial charge in [0.05, 0.1) is 5.54 Å². The van der Waals surface area contributed by atoms with Crippen molar-refractivity contribution in [3.8, 4) is 0 Å². The number of hydrogen-bond acceptors (Lipinski definition) is 3. The van der Waals surface area contributed by atoms with Gasteiger partial charge in [-0.25, -0.2) is 4.79 Å². The maximum absolute atomic E-state index is 12.9. The van der Waals surface area contributed by atoms with Gasteiger partial charge in [0, 0.05) is 24.4 Å². The average Bonchev–Trinajstić information content (AvgIpc) is 2.96. The molecule has 0 aromatic heterocycles. The van der Waals surface area contributed by atoms with E-state index in [4.69, 9.17) is 4.74 Å². The van der Waals surface area contributed by atoms with E-state index >= 15 is 0 Å². The monoisotopic (exact) mass is 354 g/mol.